The number of esters is 1. The van der Waals surface area contributed by atoms with E-state index in [-0.39, 0.29) is 6.61 Å². The fourth-order valence-corrected chi connectivity index (χ4v) is 1.92. The van der Waals surface area contributed by atoms with Crippen LogP contribution in [-0.4, -0.2) is 17.6 Å². The highest BCUT2D eigenvalue weighted by molar-refractivity contribution is 5.91. The Morgan fingerprint density at radius 2 is 2.00 bits per heavy atom. The summed E-state index contributed by atoms with van der Waals surface area (Å²) >= 11 is 0. The molecule has 1 aromatic heterocycles. The lowest BCUT2D eigenvalue weighted by atomic mass is 10.0. The molecule has 2 aromatic rings. The van der Waals surface area contributed by atoms with Crippen molar-refractivity contribution in [2.45, 2.75) is 13.1 Å². The van der Waals surface area contributed by atoms with Crippen LogP contribution in [0.15, 0.2) is 36.5 Å². The highest BCUT2D eigenvalue weighted by Gasteiger charge is 2.34. The van der Waals surface area contributed by atoms with Gasteiger partial charge in [0.25, 0.3) is 0 Å². The molecule has 116 valence electrons. The Hall–Kier alpha value is -2.57. The normalized spacial score (nSPS) is 11.3. The number of nitrogens with zero attached hydrogens (tertiary/aromatic N) is 1. The summed E-state index contributed by atoms with van der Waals surface area (Å²) in [6.45, 7) is 1.92. The van der Waals surface area contributed by atoms with E-state index in [2.05, 4.69) is 4.98 Å². The van der Waals surface area contributed by atoms with E-state index in [1.165, 1.54) is 12.1 Å². The number of rotatable bonds is 3. The zero-order chi connectivity index (χ0) is 16.3. The zero-order valence-electron chi connectivity index (χ0n) is 11.6. The van der Waals surface area contributed by atoms with Gasteiger partial charge in [0.05, 0.1) is 17.9 Å². The Balaban J connectivity index is 2.39. The second-order valence-corrected chi connectivity index (χ2v) is 4.46. The Labute approximate surface area is 124 Å². The number of halogens is 3. The minimum Gasteiger partial charge on any atom is -0.462 e. The summed E-state index contributed by atoms with van der Waals surface area (Å²) in [7, 11) is 0. The molecule has 0 aliphatic heterocycles. The van der Waals surface area contributed by atoms with Gasteiger partial charge in [0.2, 0.25) is 0 Å². The number of aromatic nitrogens is 1. The van der Waals surface area contributed by atoms with Crippen LogP contribution in [0, 0.1) is 0 Å². The lowest BCUT2D eigenvalue weighted by Gasteiger charge is -2.11. The van der Waals surface area contributed by atoms with E-state index in [9.17, 15) is 18.0 Å². The van der Waals surface area contributed by atoms with Gasteiger partial charge in [0.15, 0.2) is 5.69 Å². The Morgan fingerprint density at radius 3 is 2.59 bits per heavy atom. The summed E-state index contributed by atoms with van der Waals surface area (Å²) in [5, 5.41) is 0. The summed E-state index contributed by atoms with van der Waals surface area (Å²) in [5.41, 5.74) is 5.04. The van der Waals surface area contributed by atoms with Crippen LogP contribution in [0.1, 0.15) is 23.0 Å². The first-order valence-corrected chi connectivity index (χ1v) is 6.43. The maximum Gasteiger partial charge on any atom is 0.435 e. The molecular formula is C15H13F3N2O2. The Kier molecular flexibility index (Phi) is 4.35. The number of alkyl halides is 3. The number of carbonyl (C=O) groups excluding carboxylic acids is 1. The van der Waals surface area contributed by atoms with Gasteiger partial charge in [-0.2, -0.15) is 13.2 Å². The van der Waals surface area contributed by atoms with E-state index in [0.717, 1.165) is 6.20 Å². The lowest BCUT2D eigenvalue weighted by molar-refractivity contribution is -0.140. The topological polar surface area (TPSA) is 65.2 Å². The maximum atomic E-state index is 12.6. The van der Waals surface area contributed by atoms with Crippen LogP contribution in [0.2, 0.25) is 0 Å². The van der Waals surface area contributed by atoms with Crippen LogP contribution in [-0.2, 0) is 10.9 Å². The largest absolute Gasteiger partial charge is 0.462 e. The maximum absolute atomic E-state index is 12.6. The summed E-state index contributed by atoms with van der Waals surface area (Å²) in [6, 6.07) is 7.51. The van der Waals surface area contributed by atoms with Gasteiger partial charge in [-0.3, -0.25) is 0 Å². The number of hydrogen-bond acceptors (Lipinski definition) is 4. The average Bonchev–Trinajstić information content (AvgIpc) is 2.46. The second-order valence-electron chi connectivity index (χ2n) is 4.46. The molecule has 7 heteroatoms. The predicted octanol–water partition coefficient (Wildman–Crippen LogP) is 3.53. The fraction of sp³-hybridized carbons (Fsp3) is 0.200. The minimum absolute atomic E-state index is 0.234. The molecule has 0 bridgehead atoms. The van der Waals surface area contributed by atoms with Crippen molar-refractivity contribution >= 4 is 11.7 Å². The van der Waals surface area contributed by atoms with Crippen molar-refractivity contribution in [3.63, 3.8) is 0 Å². The van der Waals surface area contributed by atoms with Gasteiger partial charge >= 0.3 is 12.1 Å². The SMILES string of the molecule is CCOC(=O)c1cccc(-c2cnc(C(F)(F)F)c(N)c2)c1. The third kappa shape index (κ3) is 3.36. The number of anilines is 1. The average molecular weight is 310 g/mol. The highest BCUT2D eigenvalue weighted by Crippen LogP contribution is 2.33. The van der Waals surface area contributed by atoms with E-state index in [1.54, 1.807) is 25.1 Å². The number of nitrogens with two attached hydrogens (primary N) is 1. The number of benzene rings is 1. The van der Waals surface area contributed by atoms with E-state index >= 15 is 0 Å². The molecule has 22 heavy (non-hydrogen) atoms. The molecule has 0 aliphatic rings. The molecule has 0 aliphatic carbocycles. The van der Waals surface area contributed by atoms with Crippen LogP contribution in [0.5, 0.6) is 0 Å². The Bertz CT molecular complexity index is 699. The van der Waals surface area contributed by atoms with Crippen molar-refractivity contribution in [1.29, 1.82) is 0 Å². The molecule has 4 nitrogen and oxygen atoms in total. The summed E-state index contributed by atoms with van der Waals surface area (Å²) < 4.78 is 42.8. The van der Waals surface area contributed by atoms with Crippen molar-refractivity contribution in [3.8, 4) is 11.1 Å². The molecule has 2 rings (SSSR count). The minimum atomic E-state index is -4.60. The Morgan fingerprint density at radius 1 is 1.27 bits per heavy atom. The lowest BCUT2D eigenvalue weighted by Crippen LogP contribution is -2.11. The van der Waals surface area contributed by atoms with Crippen LogP contribution < -0.4 is 5.73 Å². The second kappa shape index (κ2) is 6.05. The third-order valence-corrected chi connectivity index (χ3v) is 2.89. The van der Waals surface area contributed by atoms with Crippen LogP contribution >= 0.6 is 0 Å². The van der Waals surface area contributed by atoms with Gasteiger partial charge in [-0.1, -0.05) is 12.1 Å². The van der Waals surface area contributed by atoms with Crippen molar-refractivity contribution in [2.24, 2.45) is 0 Å². The predicted molar refractivity (Wildman–Crippen MR) is 75.0 cm³/mol. The van der Waals surface area contributed by atoms with Crippen molar-refractivity contribution in [2.75, 3.05) is 12.3 Å². The molecule has 0 saturated carbocycles. The van der Waals surface area contributed by atoms with E-state index < -0.39 is 23.5 Å². The molecule has 0 amide bonds. The molecule has 1 aromatic carbocycles. The quantitative estimate of drug-likeness (QED) is 0.881. The summed E-state index contributed by atoms with van der Waals surface area (Å²) in [6.07, 6.45) is -3.53. The summed E-state index contributed by atoms with van der Waals surface area (Å²) in [4.78, 5) is 15.0. The highest BCUT2D eigenvalue weighted by atomic mass is 19.4. The smallest absolute Gasteiger partial charge is 0.435 e. The molecule has 0 atom stereocenters. The first-order chi connectivity index (χ1) is 10.3. The molecule has 1 heterocycles. The van der Waals surface area contributed by atoms with Crippen molar-refractivity contribution in [3.05, 3.63) is 47.8 Å². The molecule has 0 radical (unpaired) electrons. The number of carbonyl (C=O) groups is 1. The number of ether oxygens (including phenoxy) is 1. The zero-order valence-corrected chi connectivity index (χ0v) is 11.6. The molecular weight excluding hydrogens is 297 g/mol. The first-order valence-electron chi connectivity index (χ1n) is 6.43. The monoisotopic (exact) mass is 310 g/mol. The van der Waals surface area contributed by atoms with E-state index in [1.807, 2.05) is 0 Å². The molecule has 0 saturated heterocycles. The number of hydrogen-bond donors (Lipinski definition) is 1. The van der Waals surface area contributed by atoms with Crippen LogP contribution in [0.3, 0.4) is 0 Å². The third-order valence-electron chi connectivity index (χ3n) is 2.89. The standard InChI is InChI=1S/C15H13F3N2O2/c1-2-22-14(21)10-5-3-4-9(6-10)11-7-12(19)13(20-8-11)15(16,17)18/h3-8H,2,19H2,1H3. The van der Waals surface area contributed by atoms with Gasteiger partial charge in [-0.15, -0.1) is 0 Å². The van der Waals surface area contributed by atoms with Crippen LogP contribution in [0.4, 0.5) is 18.9 Å². The van der Waals surface area contributed by atoms with Crippen LogP contribution in [0.25, 0.3) is 11.1 Å². The van der Waals surface area contributed by atoms with Crippen molar-refractivity contribution < 1.29 is 22.7 Å². The van der Waals surface area contributed by atoms with Crippen molar-refractivity contribution in [1.82, 2.24) is 4.98 Å². The van der Waals surface area contributed by atoms with Gasteiger partial charge < -0.3 is 10.5 Å². The molecule has 0 spiro atoms. The molecule has 0 fully saturated rings. The number of pyridine rings is 1. The molecule has 0 unspecified atom stereocenters. The van der Waals surface area contributed by atoms with Gasteiger partial charge in [0.1, 0.15) is 0 Å². The van der Waals surface area contributed by atoms with Gasteiger partial charge in [0, 0.05) is 11.8 Å². The fourth-order valence-electron chi connectivity index (χ4n) is 1.92. The van der Waals surface area contributed by atoms with Gasteiger partial charge in [-0.05, 0) is 30.7 Å². The molecule has 2 N–H and O–H groups in total. The van der Waals surface area contributed by atoms with E-state index in [0.29, 0.717) is 16.7 Å². The number of nitrogen functional groups attached to an aromatic ring is 1. The summed E-state index contributed by atoms with van der Waals surface area (Å²) in [5.74, 6) is -0.503. The van der Waals surface area contributed by atoms with Gasteiger partial charge in [-0.25, -0.2) is 9.78 Å². The van der Waals surface area contributed by atoms with E-state index in [4.69, 9.17) is 10.5 Å². The first kappa shape index (κ1) is 15.8.